The molecule has 0 aromatic rings. The number of hydrogen-bond donors (Lipinski definition) is 1. The first kappa shape index (κ1) is 9.95. The third-order valence-electron chi connectivity index (χ3n) is 1.50. The molecule has 0 bridgehead atoms. The summed E-state index contributed by atoms with van der Waals surface area (Å²) in [6, 6.07) is 0. The van der Waals surface area contributed by atoms with Gasteiger partial charge in [0.25, 0.3) is 0 Å². The number of carbonyl (C=O) groups is 1. The quantitative estimate of drug-likeness (QED) is 0.723. The molecule has 0 saturated heterocycles. The Bertz CT molecular complexity index is 123. The fraction of sp³-hybridized carbons (Fsp3) is 0.857. The van der Waals surface area contributed by atoms with Crippen LogP contribution in [0.4, 0.5) is 0 Å². The highest BCUT2D eigenvalue weighted by molar-refractivity contribution is 9.09. The Labute approximate surface area is 69.8 Å². The summed E-state index contributed by atoms with van der Waals surface area (Å²) in [5.41, 5.74) is 0. The zero-order valence-corrected chi connectivity index (χ0v) is 8.05. The zero-order chi connectivity index (χ0) is 8.31. The topological polar surface area (TPSA) is 37.3 Å². The van der Waals surface area contributed by atoms with E-state index in [1.54, 1.807) is 6.92 Å². The van der Waals surface area contributed by atoms with Crippen LogP contribution in [0.3, 0.4) is 0 Å². The molecule has 0 rings (SSSR count). The van der Waals surface area contributed by atoms with E-state index in [1.807, 2.05) is 13.8 Å². The second kappa shape index (κ2) is 3.96. The summed E-state index contributed by atoms with van der Waals surface area (Å²) in [6.07, 6.45) is 0. The second-order valence-electron chi connectivity index (χ2n) is 2.82. The third-order valence-corrected chi connectivity index (χ3v) is 3.35. The lowest BCUT2D eigenvalue weighted by molar-refractivity contribution is -0.141. The lowest BCUT2D eigenvalue weighted by Crippen LogP contribution is -2.24. The Morgan fingerprint density at radius 1 is 1.40 bits per heavy atom. The largest absolute Gasteiger partial charge is 0.481 e. The van der Waals surface area contributed by atoms with Crippen molar-refractivity contribution in [2.75, 3.05) is 0 Å². The highest BCUT2D eigenvalue weighted by Gasteiger charge is 2.23. The van der Waals surface area contributed by atoms with E-state index in [1.165, 1.54) is 0 Å². The number of rotatable bonds is 3. The lowest BCUT2D eigenvalue weighted by Gasteiger charge is -2.17. The van der Waals surface area contributed by atoms with Crippen molar-refractivity contribution < 1.29 is 9.90 Å². The van der Waals surface area contributed by atoms with Crippen LogP contribution < -0.4 is 0 Å². The molecule has 0 aromatic heterocycles. The minimum Gasteiger partial charge on any atom is -0.481 e. The van der Waals surface area contributed by atoms with Crippen LogP contribution in [-0.2, 0) is 4.79 Å². The Balaban J connectivity index is 3.94. The van der Waals surface area contributed by atoms with Crippen LogP contribution in [-0.4, -0.2) is 15.9 Å². The van der Waals surface area contributed by atoms with Gasteiger partial charge in [0.1, 0.15) is 0 Å². The van der Waals surface area contributed by atoms with Gasteiger partial charge >= 0.3 is 5.97 Å². The predicted molar refractivity (Wildman–Crippen MR) is 44.4 cm³/mol. The Hall–Kier alpha value is -0.0500. The molecule has 2 atom stereocenters. The van der Waals surface area contributed by atoms with Crippen molar-refractivity contribution >= 4 is 21.9 Å². The minimum absolute atomic E-state index is 0.0741. The second-order valence-corrected chi connectivity index (χ2v) is 3.87. The van der Waals surface area contributed by atoms with E-state index in [4.69, 9.17) is 5.11 Å². The summed E-state index contributed by atoms with van der Waals surface area (Å²) in [5.74, 6) is -0.679. The monoisotopic (exact) mass is 208 g/mol. The standard InChI is InChI=1S/C7H13BrO2/c1-4(2)6(8)5(3)7(9)10/h4-6H,1-3H3,(H,9,10). The third kappa shape index (κ3) is 2.69. The fourth-order valence-electron chi connectivity index (χ4n) is 0.714. The first-order valence-electron chi connectivity index (χ1n) is 3.33. The Morgan fingerprint density at radius 3 is 1.90 bits per heavy atom. The number of carboxylic acid groups (broad SMARTS) is 1. The van der Waals surface area contributed by atoms with Crippen LogP contribution in [0.25, 0.3) is 0 Å². The van der Waals surface area contributed by atoms with Gasteiger partial charge < -0.3 is 5.11 Å². The van der Waals surface area contributed by atoms with Crippen LogP contribution in [0.15, 0.2) is 0 Å². The number of carboxylic acids is 1. The van der Waals surface area contributed by atoms with Gasteiger partial charge in [-0.05, 0) is 5.92 Å². The molecule has 1 N–H and O–H groups in total. The van der Waals surface area contributed by atoms with Gasteiger partial charge in [-0.1, -0.05) is 36.7 Å². The van der Waals surface area contributed by atoms with Gasteiger partial charge in [-0.3, -0.25) is 4.79 Å². The van der Waals surface area contributed by atoms with Crippen molar-refractivity contribution in [1.29, 1.82) is 0 Å². The maximum Gasteiger partial charge on any atom is 0.307 e. The summed E-state index contributed by atoms with van der Waals surface area (Å²) in [5, 5.41) is 8.57. The van der Waals surface area contributed by atoms with Crippen LogP contribution in [0, 0.1) is 11.8 Å². The van der Waals surface area contributed by atoms with Gasteiger partial charge in [-0.2, -0.15) is 0 Å². The van der Waals surface area contributed by atoms with Crippen molar-refractivity contribution in [3.8, 4) is 0 Å². The molecule has 60 valence electrons. The smallest absolute Gasteiger partial charge is 0.307 e. The van der Waals surface area contributed by atoms with Crippen LogP contribution >= 0.6 is 15.9 Å². The molecule has 0 aliphatic carbocycles. The number of aliphatic carboxylic acids is 1. The first-order valence-corrected chi connectivity index (χ1v) is 4.25. The van der Waals surface area contributed by atoms with Crippen LogP contribution in [0.2, 0.25) is 0 Å². The Morgan fingerprint density at radius 2 is 1.80 bits per heavy atom. The van der Waals surface area contributed by atoms with E-state index in [2.05, 4.69) is 15.9 Å². The van der Waals surface area contributed by atoms with Gasteiger partial charge in [0, 0.05) is 4.83 Å². The highest BCUT2D eigenvalue weighted by atomic mass is 79.9. The number of alkyl halides is 1. The van der Waals surface area contributed by atoms with E-state index in [9.17, 15) is 4.79 Å². The lowest BCUT2D eigenvalue weighted by atomic mass is 9.99. The summed E-state index contributed by atoms with van der Waals surface area (Å²) in [7, 11) is 0. The molecular formula is C7H13BrO2. The molecule has 0 spiro atoms. The zero-order valence-electron chi connectivity index (χ0n) is 6.47. The van der Waals surface area contributed by atoms with Gasteiger partial charge in [-0.25, -0.2) is 0 Å². The molecule has 2 unspecified atom stereocenters. The predicted octanol–water partition coefficient (Wildman–Crippen LogP) is 2.13. The van der Waals surface area contributed by atoms with Crippen LogP contribution in [0.5, 0.6) is 0 Å². The summed E-state index contributed by atoms with van der Waals surface area (Å²) in [4.78, 5) is 10.5. The van der Waals surface area contributed by atoms with Crippen molar-refractivity contribution in [2.45, 2.75) is 25.6 Å². The fourth-order valence-corrected chi connectivity index (χ4v) is 0.940. The van der Waals surface area contributed by atoms with E-state index in [-0.39, 0.29) is 10.7 Å². The van der Waals surface area contributed by atoms with Crippen molar-refractivity contribution in [3.63, 3.8) is 0 Å². The molecule has 0 aliphatic heterocycles. The van der Waals surface area contributed by atoms with Gasteiger partial charge in [-0.15, -0.1) is 0 Å². The average Bonchev–Trinajstić information content (AvgIpc) is 1.84. The van der Waals surface area contributed by atoms with Crippen molar-refractivity contribution in [2.24, 2.45) is 11.8 Å². The first-order chi connectivity index (χ1) is 4.46. The van der Waals surface area contributed by atoms with Crippen molar-refractivity contribution in [3.05, 3.63) is 0 Å². The highest BCUT2D eigenvalue weighted by Crippen LogP contribution is 2.20. The molecular weight excluding hydrogens is 196 g/mol. The van der Waals surface area contributed by atoms with Gasteiger partial charge in [0.2, 0.25) is 0 Å². The molecule has 0 aromatic carbocycles. The molecule has 10 heavy (non-hydrogen) atoms. The maximum atomic E-state index is 10.4. The van der Waals surface area contributed by atoms with E-state index < -0.39 is 5.97 Å². The van der Waals surface area contributed by atoms with Gasteiger partial charge in [0.15, 0.2) is 0 Å². The van der Waals surface area contributed by atoms with E-state index in [0.29, 0.717) is 5.92 Å². The van der Waals surface area contributed by atoms with E-state index >= 15 is 0 Å². The summed E-state index contributed by atoms with van der Waals surface area (Å²) in [6.45, 7) is 5.71. The molecule has 0 heterocycles. The summed E-state index contributed by atoms with van der Waals surface area (Å²) >= 11 is 3.33. The normalized spacial score (nSPS) is 16.9. The number of hydrogen-bond acceptors (Lipinski definition) is 1. The number of halogens is 1. The maximum absolute atomic E-state index is 10.4. The molecule has 0 fully saturated rings. The van der Waals surface area contributed by atoms with Gasteiger partial charge in [0.05, 0.1) is 5.92 Å². The van der Waals surface area contributed by atoms with Crippen molar-refractivity contribution in [1.82, 2.24) is 0 Å². The van der Waals surface area contributed by atoms with Crippen LogP contribution in [0.1, 0.15) is 20.8 Å². The summed E-state index contributed by atoms with van der Waals surface area (Å²) < 4.78 is 0. The molecule has 0 radical (unpaired) electrons. The molecule has 3 heteroatoms. The molecule has 0 saturated carbocycles. The average molecular weight is 209 g/mol. The SMILES string of the molecule is CC(C)C(Br)C(C)C(=O)O. The molecule has 0 aliphatic rings. The minimum atomic E-state index is -0.740. The molecule has 2 nitrogen and oxygen atoms in total. The Kier molecular flexibility index (Phi) is 3.94. The van der Waals surface area contributed by atoms with E-state index in [0.717, 1.165) is 0 Å². The molecule has 0 amide bonds.